The molecule has 2 heterocycles. The van der Waals surface area contributed by atoms with Crippen molar-refractivity contribution in [2.24, 2.45) is 0 Å². The molecule has 3 rings (SSSR count). The Balaban J connectivity index is 1.56. The molecule has 1 fully saturated rings. The number of pyridine rings is 1. The summed E-state index contributed by atoms with van der Waals surface area (Å²) >= 11 is 0. The van der Waals surface area contributed by atoms with Crippen molar-refractivity contribution >= 4 is 11.6 Å². The predicted molar refractivity (Wildman–Crippen MR) is 93.9 cm³/mol. The van der Waals surface area contributed by atoms with Crippen LogP contribution in [0.2, 0.25) is 0 Å². The van der Waals surface area contributed by atoms with Crippen LogP contribution in [0.15, 0.2) is 48.8 Å². The summed E-state index contributed by atoms with van der Waals surface area (Å²) in [5, 5.41) is 10.2. The molecular weight excluding hydrogens is 302 g/mol. The number of amides is 1. The molecule has 0 spiro atoms. The highest BCUT2D eigenvalue weighted by Crippen LogP contribution is 2.20. The Labute approximate surface area is 142 Å². The van der Waals surface area contributed by atoms with Crippen LogP contribution in [-0.4, -0.2) is 53.2 Å². The van der Waals surface area contributed by atoms with Gasteiger partial charge in [-0.05, 0) is 24.1 Å². The topological polar surface area (TPSA) is 56.7 Å². The van der Waals surface area contributed by atoms with Crippen LogP contribution in [0.25, 0.3) is 0 Å². The highest BCUT2D eigenvalue weighted by atomic mass is 16.3. The number of hydrogen-bond donors (Lipinski definition) is 1. The van der Waals surface area contributed by atoms with Gasteiger partial charge in [0.25, 0.3) is 5.91 Å². The Morgan fingerprint density at radius 2 is 1.88 bits per heavy atom. The Bertz CT molecular complexity index is 682. The highest BCUT2D eigenvalue weighted by molar-refractivity contribution is 5.81. The zero-order chi connectivity index (χ0) is 16.9. The number of aryl methyl sites for hydroxylation is 1. The second kappa shape index (κ2) is 7.45. The van der Waals surface area contributed by atoms with E-state index in [9.17, 15) is 9.90 Å². The molecule has 1 aromatic heterocycles. The summed E-state index contributed by atoms with van der Waals surface area (Å²) in [6.07, 6.45) is 3.05. The van der Waals surface area contributed by atoms with E-state index in [2.05, 4.69) is 9.88 Å². The molecule has 1 atom stereocenters. The van der Waals surface area contributed by atoms with E-state index in [-0.39, 0.29) is 5.91 Å². The molecule has 126 valence electrons. The first-order chi connectivity index (χ1) is 11.6. The molecule has 2 aromatic rings. The predicted octanol–water partition coefficient (Wildman–Crippen LogP) is 1.64. The summed E-state index contributed by atoms with van der Waals surface area (Å²) in [4.78, 5) is 20.6. The van der Waals surface area contributed by atoms with Crippen LogP contribution >= 0.6 is 0 Å². The minimum atomic E-state index is -0.971. The number of aliphatic hydroxyl groups excluding tert-OH is 1. The fraction of sp³-hybridized carbons (Fsp3) is 0.368. The van der Waals surface area contributed by atoms with Crippen LogP contribution in [0.5, 0.6) is 0 Å². The molecule has 1 saturated heterocycles. The summed E-state index contributed by atoms with van der Waals surface area (Å²) in [5.41, 5.74) is 3.28. The molecule has 5 nitrogen and oxygen atoms in total. The van der Waals surface area contributed by atoms with Crippen LogP contribution in [-0.2, 0) is 11.2 Å². The number of carbonyl (C=O) groups excluding carboxylic acids is 1. The first kappa shape index (κ1) is 16.5. The lowest BCUT2D eigenvalue weighted by Gasteiger charge is -2.37. The number of anilines is 1. The number of aliphatic hydroxyl groups is 1. The molecule has 5 heteroatoms. The number of benzene rings is 1. The Hall–Kier alpha value is -2.40. The van der Waals surface area contributed by atoms with Gasteiger partial charge < -0.3 is 14.9 Å². The van der Waals surface area contributed by atoms with Crippen molar-refractivity contribution in [3.05, 3.63) is 59.9 Å². The summed E-state index contributed by atoms with van der Waals surface area (Å²) in [5.74, 6) is -0.176. The molecule has 1 amide bonds. The third kappa shape index (κ3) is 3.74. The molecule has 1 aliphatic heterocycles. The third-order valence-electron chi connectivity index (χ3n) is 4.48. The molecule has 0 saturated carbocycles. The maximum absolute atomic E-state index is 12.5. The van der Waals surface area contributed by atoms with Crippen LogP contribution in [0.1, 0.15) is 11.1 Å². The van der Waals surface area contributed by atoms with Gasteiger partial charge >= 0.3 is 0 Å². The molecule has 0 bridgehead atoms. The lowest BCUT2D eigenvalue weighted by atomic mass is 10.1. The van der Waals surface area contributed by atoms with Gasteiger partial charge in [0, 0.05) is 50.7 Å². The molecule has 1 aliphatic rings. The highest BCUT2D eigenvalue weighted by Gasteiger charge is 2.26. The van der Waals surface area contributed by atoms with E-state index in [1.54, 1.807) is 11.1 Å². The largest absolute Gasteiger partial charge is 0.383 e. The number of carbonyl (C=O) groups is 1. The number of aromatic nitrogens is 1. The van der Waals surface area contributed by atoms with E-state index < -0.39 is 6.10 Å². The quantitative estimate of drug-likeness (QED) is 0.928. The second-order valence-corrected chi connectivity index (χ2v) is 6.18. The molecule has 24 heavy (non-hydrogen) atoms. The first-order valence-electron chi connectivity index (χ1n) is 8.31. The maximum atomic E-state index is 12.5. The van der Waals surface area contributed by atoms with Gasteiger partial charge in [-0.3, -0.25) is 9.78 Å². The molecular formula is C19H23N3O2. The molecule has 1 aromatic carbocycles. The monoisotopic (exact) mass is 325 g/mol. The van der Waals surface area contributed by atoms with Gasteiger partial charge in [0.2, 0.25) is 0 Å². The van der Waals surface area contributed by atoms with Gasteiger partial charge in [0.15, 0.2) is 0 Å². The van der Waals surface area contributed by atoms with E-state index >= 15 is 0 Å². The minimum absolute atomic E-state index is 0.176. The lowest BCUT2D eigenvalue weighted by Crippen LogP contribution is -2.52. The summed E-state index contributed by atoms with van der Waals surface area (Å²) in [7, 11) is 0. The van der Waals surface area contributed by atoms with Gasteiger partial charge in [-0.1, -0.05) is 30.3 Å². The zero-order valence-electron chi connectivity index (χ0n) is 13.9. The average molecular weight is 325 g/mol. The SMILES string of the molecule is Cc1cnccc1N1CCN(C(=O)[C@@H](O)Cc2ccccc2)CC1. The third-order valence-corrected chi connectivity index (χ3v) is 4.48. The van der Waals surface area contributed by atoms with Crippen LogP contribution in [0.3, 0.4) is 0 Å². The van der Waals surface area contributed by atoms with Crippen molar-refractivity contribution in [1.29, 1.82) is 0 Å². The summed E-state index contributed by atoms with van der Waals surface area (Å²) in [6, 6.07) is 11.6. The fourth-order valence-electron chi connectivity index (χ4n) is 3.12. The zero-order valence-corrected chi connectivity index (χ0v) is 13.9. The van der Waals surface area contributed by atoms with Crippen molar-refractivity contribution in [2.45, 2.75) is 19.4 Å². The van der Waals surface area contributed by atoms with E-state index in [1.807, 2.05) is 49.5 Å². The van der Waals surface area contributed by atoms with Crippen LogP contribution in [0, 0.1) is 6.92 Å². The smallest absolute Gasteiger partial charge is 0.251 e. The Kier molecular flexibility index (Phi) is 5.11. The summed E-state index contributed by atoms with van der Waals surface area (Å²) < 4.78 is 0. The van der Waals surface area contributed by atoms with E-state index in [0.29, 0.717) is 19.5 Å². The van der Waals surface area contributed by atoms with E-state index in [4.69, 9.17) is 0 Å². The molecule has 0 radical (unpaired) electrons. The molecule has 0 aliphatic carbocycles. The Morgan fingerprint density at radius 3 is 2.54 bits per heavy atom. The number of hydrogen-bond acceptors (Lipinski definition) is 4. The number of piperazine rings is 1. The van der Waals surface area contributed by atoms with Gasteiger partial charge in [-0.15, -0.1) is 0 Å². The van der Waals surface area contributed by atoms with Crippen molar-refractivity contribution in [1.82, 2.24) is 9.88 Å². The molecule has 0 unspecified atom stereocenters. The summed E-state index contributed by atoms with van der Waals surface area (Å²) in [6.45, 7) is 4.85. The van der Waals surface area contributed by atoms with Gasteiger partial charge in [-0.2, -0.15) is 0 Å². The standard InChI is InChI=1S/C19H23N3O2/c1-15-14-20-8-7-17(15)21-9-11-22(12-10-21)19(24)18(23)13-16-5-3-2-4-6-16/h2-8,14,18,23H,9-13H2,1H3/t18-/m0/s1. The van der Waals surface area contributed by atoms with Crippen molar-refractivity contribution in [3.63, 3.8) is 0 Å². The second-order valence-electron chi connectivity index (χ2n) is 6.18. The number of nitrogens with zero attached hydrogens (tertiary/aromatic N) is 3. The maximum Gasteiger partial charge on any atom is 0.251 e. The van der Waals surface area contributed by atoms with Crippen molar-refractivity contribution < 1.29 is 9.90 Å². The van der Waals surface area contributed by atoms with Crippen LogP contribution < -0.4 is 4.90 Å². The fourth-order valence-corrected chi connectivity index (χ4v) is 3.12. The molecule has 1 N–H and O–H groups in total. The minimum Gasteiger partial charge on any atom is -0.383 e. The average Bonchev–Trinajstić information content (AvgIpc) is 2.62. The van der Waals surface area contributed by atoms with Gasteiger partial charge in [0.1, 0.15) is 6.10 Å². The lowest BCUT2D eigenvalue weighted by molar-refractivity contribution is -0.140. The van der Waals surface area contributed by atoms with Crippen molar-refractivity contribution in [3.8, 4) is 0 Å². The van der Waals surface area contributed by atoms with Gasteiger partial charge in [-0.25, -0.2) is 0 Å². The van der Waals surface area contributed by atoms with E-state index in [1.165, 1.54) is 5.69 Å². The van der Waals surface area contributed by atoms with Crippen LogP contribution in [0.4, 0.5) is 5.69 Å². The normalized spacial score (nSPS) is 16.1. The van der Waals surface area contributed by atoms with Gasteiger partial charge in [0.05, 0.1) is 0 Å². The van der Waals surface area contributed by atoms with Crippen molar-refractivity contribution in [2.75, 3.05) is 31.1 Å². The number of rotatable bonds is 4. The first-order valence-corrected chi connectivity index (χ1v) is 8.31. The Morgan fingerprint density at radius 1 is 1.17 bits per heavy atom. The van der Waals surface area contributed by atoms with E-state index in [0.717, 1.165) is 24.2 Å².